The van der Waals surface area contributed by atoms with E-state index < -0.39 is 23.5 Å². The van der Waals surface area contributed by atoms with Gasteiger partial charge in [0.1, 0.15) is 5.71 Å². The minimum Gasteiger partial charge on any atom is -0.318 e. The molecule has 4 aromatic rings. The fraction of sp³-hybridized carbons (Fsp3) is 0.160. The van der Waals surface area contributed by atoms with Gasteiger partial charge in [0.15, 0.2) is 0 Å². The lowest BCUT2D eigenvalue weighted by Gasteiger charge is -2.11. The lowest BCUT2D eigenvalue weighted by atomic mass is 10.0. The molecule has 8 heteroatoms. The predicted octanol–water partition coefficient (Wildman–Crippen LogP) is 6.23. The molecule has 33 heavy (non-hydrogen) atoms. The highest BCUT2D eigenvalue weighted by Crippen LogP contribution is 2.35. The van der Waals surface area contributed by atoms with Gasteiger partial charge in [-0.05, 0) is 68.4 Å². The number of fused-ring (bicyclic) bond motifs is 3. The van der Waals surface area contributed by atoms with Crippen LogP contribution >= 0.6 is 0 Å². The number of oxime groups is 1. The van der Waals surface area contributed by atoms with Crippen LogP contribution in [0.5, 0.6) is 0 Å². The van der Waals surface area contributed by atoms with Crippen LogP contribution in [0, 0.1) is 6.92 Å². The minimum absolute atomic E-state index is 0.0206. The summed E-state index contributed by atoms with van der Waals surface area (Å²) >= 11 is 0. The van der Waals surface area contributed by atoms with Gasteiger partial charge in [-0.25, -0.2) is 4.79 Å². The number of carbonyl (C=O) groups excluding carboxylic acids is 2. The summed E-state index contributed by atoms with van der Waals surface area (Å²) in [6.07, 6.45) is -4.42. The van der Waals surface area contributed by atoms with E-state index in [0.29, 0.717) is 11.3 Å². The molecule has 0 fully saturated rings. The summed E-state index contributed by atoms with van der Waals surface area (Å²) in [7, 11) is 0. The molecular weight excluding hydrogens is 433 g/mol. The normalized spacial score (nSPS) is 12.4. The van der Waals surface area contributed by atoms with E-state index in [2.05, 4.69) is 9.99 Å². The Bertz CT molecular complexity index is 1430. The lowest BCUT2D eigenvalue weighted by Crippen LogP contribution is -2.11. The number of benzene rings is 3. The van der Waals surface area contributed by atoms with E-state index in [-0.39, 0.29) is 5.71 Å². The first-order valence-electron chi connectivity index (χ1n) is 10.1. The van der Waals surface area contributed by atoms with Gasteiger partial charge >= 0.3 is 12.1 Å². The number of hydrogen-bond donors (Lipinski definition) is 0. The van der Waals surface area contributed by atoms with Gasteiger partial charge in [-0.15, -0.1) is 0 Å². The van der Waals surface area contributed by atoms with Crippen molar-refractivity contribution in [3.05, 3.63) is 77.4 Å². The third kappa shape index (κ3) is 4.24. The maximum Gasteiger partial charge on any atom is 0.416 e. The molecule has 0 spiro atoms. The molecule has 0 amide bonds. The number of hydrogen-bond acceptors (Lipinski definition) is 4. The zero-order valence-corrected chi connectivity index (χ0v) is 18.0. The average Bonchev–Trinajstić information content (AvgIpc) is 3.09. The molecule has 0 saturated heterocycles. The number of rotatable bonds is 4. The largest absolute Gasteiger partial charge is 0.416 e. The van der Waals surface area contributed by atoms with Crippen LogP contribution in [0.2, 0.25) is 0 Å². The monoisotopic (exact) mass is 452 g/mol. The number of aryl methyl sites for hydroxylation is 1. The van der Waals surface area contributed by atoms with Crippen molar-refractivity contribution in [2.24, 2.45) is 5.16 Å². The number of carbonyl (C=O) groups is 2. The maximum absolute atomic E-state index is 13.0. The number of ketones is 1. The van der Waals surface area contributed by atoms with Gasteiger partial charge in [-0.2, -0.15) is 13.2 Å². The van der Waals surface area contributed by atoms with Crippen LogP contribution in [0.1, 0.15) is 35.3 Å². The van der Waals surface area contributed by atoms with Crippen molar-refractivity contribution < 1.29 is 27.6 Å². The second kappa shape index (κ2) is 8.20. The Labute approximate surface area is 187 Å². The zero-order chi connectivity index (χ0) is 23.9. The first-order valence-corrected chi connectivity index (χ1v) is 10.1. The number of nitrogens with zero attached hydrogens (tertiary/aromatic N) is 2. The molecule has 5 nitrogen and oxygen atoms in total. The first kappa shape index (κ1) is 22.3. The van der Waals surface area contributed by atoms with Crippen molar-refractivity contribution in [3.63, 3.8) is 0 Å². The Morgan fingerprint density at radius 1 is 0.879 bits per heavy atom. The standard InChI is InChI=1S/C25H19F3N2O3/c1-14-4-10-22-20(12-14)21-13-17(24(32)15(2)29-33-16(3)31)5-11-23(21)30(22)19-8-6-18(7-9-19)25(26,27)28/h4-13H,1-3H3. The third-order valence-corrected chi connectivity index (χ3v) is 5.28. The van der Waals surface area contributed by atoms with Crippen LogP contribution in [0.15, 0.2) is 65.8 Å². The number of aromatic nitrogens is 1. The molecule has 0 aliphatic rings. The Morgan fingerprint density at radius 2 is 1.48 bits per heavy atom. The highest BCUT2D eigenvalue weighted by Gasteiger charge is 2.30. The van der Waals surface area contributed by atoms with Crippen LogP contribution < -0.4 is 0 Å². The Hall–Kier alpha value is -3.94. The minimum atomic E-state index is -4.42. The van der Waals surface area contributed by atoms with Crippen molar-refractivity contribution in [2.75, 3.05) is 0 Å². The quantitative estimate of drug-likeness (QED) is 0.160. The second-order valence-corrected chi connectivity index (χ2v) is 7.72. The van der Waals surface area contributed by atoms with Gasteiger partial charge in [-0.3, -0.25) is 4.79 Å². The van der Waals surface area contributed by atoms with E-state index in [4.69, 9.17) is 0 Å². The van der Waals surface area contributed by atoms with E-state index in [1.807, 2.05) is 29.7 Å². The van der Waals surface area contributed by atoms with Crippen molar-refractivity contribution in [2.45, 2.75) is 26.9 Å². The van der Waals surface area contributed by atoms with Crippen molar-refractivity contribution in [3.8, 4) is 5.69 Å². The molecule has 0 N–H and O–H groups in total. The number of halogens is 3. The summed E-state index contributed by atoms with van der Waals surface area (Å²) in [6.45, 7) is 4.57. The van der Waals surface area contributed by atoms with E-state index in [0.717, 1.165) is 39.5 Å². The summed E-state index contributed by atoms with van der Waals surface area (Å²) in [6, 6.07) is 15.8. The topological polar surface area (TPSA) is 60.7 Å². The lowest BCUT2D eigenvalue weighted by molar-refractivity contribution is -0.141. The van der Waals surface area contributed by atoms with Crippen LogP contribution in [-0.4, -0.2) is 22.0 Å². The van der Waals surface area contributed by atoms with Crippen LogP contribution in [0.25, 0.3) is 27.5 Å². The zero-order valence-electron chi connectivity index (χ0n) is 18.0. The summed E-state index contributed by atoms with van der Waals surface area (Å²) in [5, 5.41) is 5.18. The molecular formula is C25H19F3N2O3. The second-order valence-electron chi connectivity index (χ2n) is 7.72. The van der Waals surface area contributed by atoms with E-state index in [9.17, 15) is 22.8 Å². The van der Waals surface area contributed by atoms with Gasteiger partial charge in [-0.1, -0.05) is 16.8 Å². The van der Waals surface area contributed by atoms with Gasteiger partial charge in [0.05, 0.1) is 16.6 Å². The number of Topliss-reactive ketones (excluding diaryl/α,β-unsaturated/α-hetero) is 1. The van der Waals surface area contributed by atoms with E-state index in [1.54, 1.807) is 18.2 Å². The first-order chi connectivity index (χ1) is 15.6. The average molecular weight is 452 g/mol. The molecule has 168 valence electrons. The van der Waals surface area contributed by atoms with E-state index in [1.165, 1.54) is 26.0 Å². The van der Waals surface area contributed by atoms with Gasteiger partial charge in [0.2, 0.25) is 5.78 Å². The maximum atomic E-state index is 13.0. The third-order valence-electron chi connectivity index (χ3n) is 5.28. The van der Waals surface area contributed by atoms with Gasteiger partial charge in [0.25, 0.3) is 0 Å². The Morgan fingerprint density at radius 3 is 2.09 bits per heavy atom. The van der Waals surface area contributed by atoms with Gasteiger partial charge in [0, 0.05) is 28.9 Å². The highest BCUT2D eigenvalue weighted by molar-refractivity contribution is 6.45. The van der Waals surface area contributed by atoms with Crippen molar-refractivity contribution in [1.82, 2.24) is 4.57 Å². The van der Waals surface area contributed by atoms with Crippen LogP contribution in [0.3, 0.4) is 0 Å². The predicted molar refractivity (Wildman–Crippen MR) is 120 cm³/mol. The molecule has 0 aliphatic carbocycles. The summed E-state index contributed by atoms with van der Waals surface area (Å²) in [5.41, 5.74) is 2.75. The molecule has 0 saturated carbocycles. The molecule has 0 radical (unpaired) electrons. The fourth-order valence-electron chi connectivity index (χ4n) is 3.74. The summed E-state index contributed by atoms with van der Waals surface area (Å²) < 4.78 is 40.9. The van der Waals surface area contributed by atoms with Gasteiger partial charge < -0.3 is 9.40 Å². The smallest absolute Gasteiger partial charge is 0.318 e. The summed E-state index contributed by atoms with van der Waals surface area (Å²) in [4.78, 5) is 28.3. The summed E-state index contributed by atoms with van der Waals surface area (Å²) in [5.74, 6) is -1.03. The fourth-order valence-corrected chi connectivity index (χ4v) is 3.74. The molecule has 1 heterocycles. The molecule has 1 aromatic heterocycles. The molecule has 0 aliphatic heterocycles. The molecule has 0 atom stereocenters. The Kier molecular flexibility index (Phi) is 5.53. The van der Waals surface area contributed by atoms with Crippen molar-refractivity contribution in [1.29, 1.82) is 0 Å². The van der Waals surface area contributed by atoms with Crippen LogP contribution in [-0.2, 0) is 15.8 Å². The van der Waals surface area contributed by atoms with E-state index >= 15 is 0 Å². The molecule has 0 bridgehead atoms. The molecule has 4 rings (SSSR count). The highest BCUT2D eigenvalue weighted by atomic mass is 19.4. The number of alkyl halides is 3. The van der Waals surface area contributed by atoms with Crippen molar-refractivity contribution >= 4 is 39.3 Å². The Balaban J connectivity index is 1.89. The van der Waals surface area contributed by atoms with Crippen LogP contribution in [0.4, 0.5) is 13.2 Å². The SMILES string of the molecule is CC(=O)ON=C(C)C(=O)c1ccc2c(c1)c1cc(C)ccc1n2-c1ccc(C(F)(F)F)cc1. The molecule has 3 aromatic carbocycles. The molecule has 0 unspecified atom stereocenters.